The van der Waals surface area contributed by atoms with Crippen molar-refractivity contribution in [3.63, 3.8) is 0 Å². The van der Waals surface area contributed by atoms with E-state index in [1.165, 1.54) is 25.3 Å². The van der Waals surface area contributed by atoms with Gasteiger partial charge in [0.15, 0.2) is 11.2 Å². The molecule has 0 aliphatic rings. The standard InChI is InChI=1S/C14H10ClNO5/c1-21-13-9(4-5-11(17)18)12(19)8-3-2-7(15)6-10(8)16-14(13)20/h2-6H,1H3,(H,16,20)(H,17,18)/p-1/b5-4+. The van der Waals surface area contributed by atoms with E-state index in [2.05, 4.69) is 4.98 Å². The fourth-order valence-electron chi connectivity index (χ4n) is 1.87. The van der Waals surface area contributed by atoms with Crippen molar-refractivity contribution in [2.75, 3.05) is 7.11 Å². The first-order valence-corrected chi connectivity index (χ1v) is 6.14. The number of hydrogen-bond donors (Lipinski definition) is 1. The molecule has 108 valence electrons. The highest BCUT2D eigenvalue weighted by Gasteiger charge is 2.12. The van der Waals surface area contributed by atoms with Crippen molar-refractivity contribution in [2.45, 2.75) is 0 Å². The second-order valence-electron chi connectivity index (χ2n) is 4.07. The molecule has 6 nitrogen and oxygen atoms in total. The second kappa shape index (κ2) is 5.80. The van der Waals surface area contributed by atoms with Gasteiger partial charge in [-0.05, 0) is 30.4 Å². The van der Waals surface area contributed by atoms with Gasteiger partial charge in [0.25, 0.3) is 5.56 Å². The molecule has 1 aromatic heterocycles. The summed E-state index contributed by atoms with van der Waals surface area (Å²) in [6.45, 7) is 0. The van der Waals surface area contributed by atoms with E-state index in [1.807, 2.05) is 0 Å². The Morgan fingerprint density at radius 2 is 2.10 bits per heavy atom. The predicted octanol–water partition coefficient (Wildman–Crippen LogP) is 0.313. The lowest BCUT2D eigenvalue weighted by atomic mass is 10.1. The number of benzene rings is 1. The van der Waals surface area contributed by atoms with E-state index in [-0.39, 0.29) is 22.2 Å². The number of carboxylic acids is 1. The van der Waals surface area contributed by atoms with Gasteiger partial charge in [-0.15, -0.1) is 0 Å². The fraction of sp³-hybridized carbons (Fsp3) is 0.0714. The Morgan fingerprint density at radius 3 is 2.71 bits per heavy atom. The third-order valence-corrected chi connectivity index (χ3v) is 3.00. The van der Waals surface area contributed by atoms with E-state index in [9.17, 15) is 19.5 Å². The van der Waals surface area contributed by atoms with Crippen LogP contribution in [0, 0.1) is 0 Å². The minimum Gasteiger partial charge on any atom is -0.545 e. The minimum absolute atomic E-state index is 0.179. The number of ether oxygens (including phenoxy) is 1. The minimum atomic E-state index is -1.49. The van der Waals surface area contributed by atoms with E-state index < -0.39 is 17.0 Å². The third-order valence-electron chi connectivity index (χ3n) is 2.76. The molecule has 0 aliphatic heterocycles. The highest BCUT2D eigenvalue weighted by Crippen LogP contribution is 2.17. The monoisotopic (exact) mass is 306 g/mol. The number of halogens is 1. The number of carbonyl (C=O) groups excluding carboxylic acids is 1. The number of H-pyrrole nitrogens is 1. The number of methoxy groups -OCH3 is 1. The van der Waals surface area contributed by atoms with Crippen LogP contribution >= 0.6 is 11.6 Å². The Morgan fingerprint density at radius 1 is 1.38 bits per heavy atom. The van der Waals surface area contributed by atoms with Gasteiger partial charge in [0, 0.05) is 10.4 Å². The van der Waals surface area contributed by atoms with Gasteiger partial charge in [-0.2, -0.15) is 0 Å². The molecule has 0 bridgehead atoms. The van der Waals surface area contributed by atoms with E-state index in [0.717, 1.165) is 6.08 Å². The first-order chi connectivity index (χ1) is 9.93. The van der Waals surface area contributed by atoms with Crippen LogP contribution in [-0.2, 0) is 4.79 Å². The molecule has 1 aromatic carbocycles. The average Bonchev–Trinajstić information content (AvgIpc) is 2.51. The summed E-state index contributed by atoms with van der Waals surface area (Å²) < 4.78 is 4.91. The van der Waals surface area contributed by atoms with Crippen LogP contribution in [0.5, 0.6) is 5.75 Å². The molecular weight excluding hydrogens is 298 g/mol. The molecule has 0 aliphatic carbocycles. The Hall–Kier alpha value is -2.60. The van der Waals surface area contributed by atoms with E-state index in [0.29, 0.717) is 11.1 Å². The maximum Gasteiger partial charge on any atom is 0.291 e. The van der Waals surface area contributed by atoms with Gasteiger partial charge >= 0.3 is 0 Å². The number of rotatable bonds is 3. The van der Waals surface area contributed by atoms with Gasteiger partial charge in [-0.3, -0.25) is 9.59 Å². The Bertz CT molecular complexity index is 869. The van der Waals surface area contributed by atoms with Crippen LogP contribution in [-0.4, -0.2) is 18.1 Å². The number of carboxylic acid groups (broad SMARTS) is 1. The summed E-state index contributed by atoms with van der Waals surface area (Å²) in [6.07, 6.45) is 1.63. The lowest BCUT2D eigenvalue weighted by molar-refractivity contribution is -0.297. The Balaban J connectivity index is 2.99. The maximum absolute atomic E-state index is 12.4. The lowest BCUT2D eigenvalue weighted by Gasteiger charge is -1.98. The normalized spacial score (nSPS) is 11.0. The largest absolute Gasteiger partial charge is 0.545 e. The van der Waals surface area contributed by atoms with Crippen LogP contribution in [0.25, 0.3) is 17.0 Å². The molecule has 1 heterocycles. The first-order valence-electron chi connectivity index (χ1n) is 5.77. The van der Waals surface area contributed by atoms with Gasteiger partial charge < -0.3 is 19.6 Å². The summed E-state index contributed by atoms with van der Waals surface area (Å²) >= 11 is 5.83. The zero-order valence-electron chi connectivity index (χ0n) is 10.8. The number of aliphatic carboxylic acids is 1. The topological polar surface area (TPSA) is 99.3 Å². The average molecular weight is 307 g/mol. The molecule has 21 heavy (non-hydrogen) atoms. The summed E-state index contributed by atoms with van der Waals surface area (Å²) in [4.78, 5) is 37.5. The summed E-state index contributed by atoms with van der Waals surface area (Å²) in [5.41, 5.74) is -1.19. The van der Waals surface area contributed by atoms with Crippen LogP contribution in [0.2, 0.25) is 5.02 Å². The number of fused-ring (bicyclic) bond motifs is 1. The van der Waals surface area contributed by atoms with Gasteiger partial charge in [0.2, 0.25) is 0 Å². The third kappa shape index (κ3) is 2.95. The molecular formula is C14H9ClNO5-. The number of nitrogens with one attached hydrogen (secondary N) is 1. The smallest absolute Gasteiger partial charge is 0.291 e. The Labute approximate surface area is 123 Å². The highest BCUT2D eigenvalue weighted by molar-refractivity contribution is 6.31. The molecule has 0 saturated heterocycles. The van der Waals surface area contributed by atoms with Crippen molar-refractivity contribution in [1.82, 2.24) is 4.98 Å². The van der Waals surface area contributed by atoms with Gasteiger partial charge in [0.1, 0.15) is 0 Å². The maximum atomic E-state index is 12.4. The van der Waals surface area contributed by atoms with Crippen LogP contribution in [0.15, 0.2) is 33.9 Å². The molecule has 0 saturated carbocycles. The molecule has 0 fully saturated rings. The zero-order valence-corrected chi connectivity index (χ0v) is 11.6. The van der Waals surface area contributed by atoms with Crippen molar-refractivity contribution in [2.24, 2.45) is 0 Å². The lowest BCUT2D eigenvalue weighted by Crippen LogP contribution is -2.19. The molecule has 0 amide bonds. The quantitative estimate of drug-likeness (QED) is 0.823. The summed E-state index contributed by atoms with van der Waals surface area (Å²) in [7, 11) is 1.21. The summed E-state index contributed by atoms with van der Waals surface area (Å²) in [5, 5.41) is 11.0. The van der Waals surface area contributed by atoms with Gasteiger partial charge in [-0.1, -0.05) is 11.6 Å². The molecule has 0 unspecified atom stereocenters. The molecule has 2 aromatic rings. The number of carbonyl (C=O) groups is 1. The summed E-state index contributed by atoms with van der Waals surface area (Å²) in [6, 6.07) is 4.35. The van der Waals surface area contributed by atoms with Crippen molar-refractivity contribution in [3.8, 4) is 5.75 Å². The van der Waals surface area contributed by atoms with E-state index >= 15 is 0 Å². The molecule has 7 heteroatoms. The SMILES string of the molecule is COc1c(/C=C/C(=O)[O-])c(=O)c2ccc(Cl)cc2[nH]c1=O. The van der Waals surface area contributed by atoms with Crippen molar-refractivity contribution in [3.05, 3.63) is 55.4 Å². The zero-order chi connectivity index (χ0) is 15.6. The van der Waals surface area contributed by atoms with E-state index in [4.69, 9.17) is 16.3 Å². The highest BCUT2D eigenvalue weighted by atomic mass is 35.5. The van der Waals surface area contributed by atoms with E-state index in [1.54, 1.807) is 0 Å². The molecule has 0 atom stereocenters. The van der Waals surface area contributed by atoms with Gasteiger partial charge in [0.05, 0.1) is 24.2 Å². The van der Waals surface area contributed by atoms with Crippen LogP contribution < -0.4 is 20.8 Å². The van der Waals surface area contributed by atoms with Crippen LogP contribution in [0.3, 0.4) is 0 Å². The molecule has 2 rings (SSSR count). The number of aromatic amines is 1. The summed E-state index contributed by atoms with van der Waals surface area (Å²) in [5.74, 6) is -1.78. The van der Waals surface area contributed by atoms with Crippen LogP contribution in [0.1, 0.15) is 5.56 Å². The fourth-order valence-corrected chi connectivity index (χ4v) is 2.04. The van der Waals surface area contributed by atoms with Crippen molar-refractivity contribution >= 4 is 34.5 Å². The number of aromatic nitrogens is 1. The Kier molecular flexibility index (Phi) is 4.09. The van der Waals surface area contributed by atoms with Gasteiger partial charge in [-0.25, -0.2) is 0 Å². The molecule has 0 radical (unpaired) electrons. The van der Waals surface area contributed by atoms with Crippen molar-refractivity contribution < 1.29 is 14.6 Å². The van der Waals surface area contributed by atoms with Crippen molar-refractivity contribution in [1.29, 1.82) is 0 Å². The molecule has 1 N–H and O–H groups in total. The first kappa shape index (κ1) is 14.8. The molecule has 0 spiro atoms. The second-order valence-corrected chi connectivity index (χ2v) is 4.51. The van der Waals surface area contributed by atoms with Crippen LogP contribution in [0.4, 0.5) is 0 Å². The predicted molar refractivity (Wildman–Crippen MR) is 76.4 cm³/mol. The number of hydrogen-bond acceptors (Lipinski definition) is 5.